The van der Waals surface area contributed by atoms with Crippen molar-refractivity contribution in [1.29, 1.82) is 0 Å². The Labute approximate surface area is 108 Å². The third kappa shape index (κ3) is 3.23. The molecule has 0 bridgehead atoms. The van der Waals surface area contributed by atoms with Crippen molar-refractivity contribution in [3.8, 4) is 0 Å². The molecule has 0 amide bonds. The number of benzene rings is 1. The predicted octanol–water partition coefficient (Wildman–Crippen LogP) is 2.55. The van der Waals surface area contributed by atoms with Crippen LogP contribution in [0.3, 0.4) is 0 Å². The minimum absolute atomic E-state index is 0.259. The summed E-state index contributed by atoms with van der Waals surface area (Å²) >= 11 is 0. The summed E-state index contributed by atoms with van der Waals surface area (Å²) in [6, 6.07) is 5.69. The largest absolute Gasteiger partial charge is 0.478 e. The number of carboxylic acid groups (broad SMARTS) is 1. The molecule has 1 rings (SSSR count). The number of likely N-dealkylation sites (N-methyl/N-ethyl adjacent to an activating group) is 1. The van der Waals surface area contributed by atoms with Crippen LogP contribution in [0.15, 0.2) is 18.2 Å². The standard InChI is InChI=1S/C14H21NO3/c1-5-15(11(3)9-18-4)12-6-7-13(14(16)17)10(2)8-12/h6-8,11H,5,9H2,1-4H3,(H,16,17). The Hall–Kier alpha value is -1.55. The molecular weight excluding hydrogens is 230 g/mol. The van der Waals surface area contributed by atoms with Gasteiger partial charge in [-0.3, -0.25) is 0 Å². The van der Waals surface area contributed by atoms with Crippen LogP contribution in [0.1, 0.15) is 29.8 Å². The van der Waals surface area contributed by atoms with E-state index < -0.39 is 5.97 Å². The second-order valence-electron chi connectivity index (χ2n) is 4.39. The maximum Gasteiger partial charge on any atom is 0.335 e. The number of methoxy groups -OCH3 is 1. The van der Waals surface area contributed by atoms with Gasteiger partial charge in [0.15, 0.2) is 0 Å². The number of aromatic carboxylic acids is 1. The van der Waals surface area contributed by atoms with E-state index in [-0.39, 0.29) is 6.04 Å². The molecule has 1 N–H and O–H groups in total. The van der Waals surface area contributed by atoms with Crippen LogP contribution in [0.5, 0.6) is 0 Å². The summed E-state index contributed by atoms with van der Waals surface area (Å²) in [5, 5.41) is 9.01. The number of hydrogen-bond donors (Lipinski definition) is 1. The number of nitrogens with zero attached hydrogens (tertiary/aromatic N) is 1. The zero-order valence-electron chi connectivity index (χ0n) is 11.4. The summed E-state index contributed by atoms with van der Waals surface area (Å²) in [5.74, 6) is -0.882. The predicted molar refractivity (Wildman–Crippen MR) is 72.5 cm³/mol. The lowest BCUT2D eigenvalue weighted by atomic mass is 10.1. The van der Waals surface area contributed by atoms with Crippen LogP contribution in [-0.2, 0) is 4.74 Å². The van der Waals surface area contributed by atoms with Gasteiger partial charge in [0.1, 0.15) is 0 Å². The molecule has 100 valence electrons. The maximum absolute atomic E-state index is 11.0. The number of hydrogen-bond acceptors (Lipinski definition) is 3. The average Bonchev–Trinajstić information content (AvgIpc) is 2.29. The monoisotopic (exact) mass is 251 g/mol. The van der Waals surface area contributed by atoms with Gasteiger partial charge in [-0.1, -0.05) is 0 Å². The molecule has 0 fully saturated rings. The minimum Gasteiger partial charge on any atom is -0.478 e. The molecule has 4 nitrogen and oxygen atoms in total. The third-order valence-corrected chi connectivity index (χ3v) is 3.05. The highest BCUT2D eigenvalue weighted by Crippen LogP contribution is 2.21. The lowest BCUT2D eigenvalue weighted by Gasteiger charge is -2.30. The number of rotatable bonds is 6. The van der Waals surface area contributed by atoms with Gasteiger partial charge in [0.05, 0.1) is 12.2 Å². The molecular formula is C14H21NO3. The van der Waals surface area contributed by atoms with Crippen LogP contribution in [0.4, 0.5) is 5.69 Å². The molecule has 0 saturated heterocycles. The number of carbonyl (C=O) groups is 1. The first-order valence-electron chi connectivity index (χ1n) is 6.10. The number of anilines is 1. The quantitative estimate of drug-likeness (QED) is 0.844. The summed E-state index contributed by atoms with van der Waals surface area (Å²) in [5.41, 5.74) is 2.17. The molecule has 4 heteroatoms. The van der Waals surface area contributed by atoms with Crippen LogP contribution >= 0.6 is 0 Å². The molecule has 0 aliphatic heterocycles. The number of aryl methyl sites for hydroxylation is 1. The molecule has 0 spiro atoms. The van der Waals surface area contributed by atoms with Gasteiger partial charge in [-0.05, 0) is 44.5 Å². The van der Waals surface area contributed by atoms with E-state index in [1.807, 2.05) is 19.1 Å². The van der Waals surface area contributed by atoms with Gasteiger partial charge < -0.3 is 14.7 Å². The van der Waals surface area contributed by atoms with Crippen molar-refractivity contribution < 1.29 is 14.6 Å². The second-order valence-corrected chi connectivity index (χ2v) is 4.39. The van der Waals surface area contributed by atoms with Gasteiger partial charge in [0.2, 0.25) is 0 Å². The molecule has 1 atom stereocenters. The lowest BCUT2D eigenvalue weighted by Crippen LogP contribution is -2.36. The number of ether oxygens (including phenoxy) is 1. The Balaban J connectivity index is 3.01. The van der Waals surface area contributed by atoms with Crippen molar-refractivity contribution in [2.45, 2.75) is 26.8 Å². The SMILES string of the molecule is CCN(c1ccc(C(=O)O)c(C)c1)C(C)COC. The molecule has 0 heterocycles. The summed E-state index contributed by atoms with van der Waals surface area (Å²) in [6.07, 6.45) is 0. The van der Waals surface area contributed by atoms with E-state index in [0.29, 0.717) is 12.2 Å². The van der Waals surface area contributed by atoms with E-state index in [4.69, 9.17) is 9.84 Å². The molecule has 18 heavy (non-hydrogen) atoms. The Morgan fingerprint density at radius 2 is 2.17 bits per heavy atom. The molecule has 0 aromatic heterocycles. The fourth-order valence-electron chi connectivity index (χ4n) is 2.15. The minimum atomic E-state index is -0.882. The van der Waals surface area contributed by atoms with Gasteiger partial charge in [0, 0.05) is 25.4 Å². The first kappa shape index (κ1) is 14.5. The van der Waals surface area contributed by atoms with Crippen molar-refractivity contribution in [1.82, 2.24) is 0 Å². The highest BCUT2D eigenvalue weighted by Gasteiger charge is 2.14. The molecule has 0 saturated carbocycles. The molecule has 0 radical (unpaired) electrons. The van der Waals surface area contributed by atoms with Crippen LogP contribution in [-0.4, -0.2) is 37.4 Å². The Morgan fingerprint density at radius 1 is 1.50 bits per heavy atom. The van der Waals surface area contributed by atoms with Gasteiger partial charge in [-0.15, -0.1) is 0 Å². The van der Waals surface area contributed by atoms with Crippen LogP contribution in [0.25, 0.3) is 0 Å². The Bertz CT molecular complexity index is 418. The zero-order valence-corrected chi connectivity index (χ0v) is 11.4. The van der Waals surface area contributed by atoms with Crippen LogP contribution in [0.2, 0.25) is 0 Å². The average molecular weight is 251 g/mol. The maximum atomic E-state index is 11.0. The summed E-state index contributed by atoms with van der Waals surface area (Å²) in [7, 11) is 1.68. The van der Waals surface area contributed by atoms with Gasteiger partial charge in [0.25, 0.3) is 0 Å². The fourth-order valence-corrected chi connectivity index (χ4v) is 2.15. The van der Waals surface area contributed by atoms with Crippen LogP contribution < -0.4 is 4.90 Å². The van der Waals surface area contributed by atoms with Crippen molar-refractivity contribution in [2.75, 3.05) is 25.2 Å². The van der Waals surface area contributed by atoms with Gasteiger partial charge in [-0.25, -0.2) is 4.79 Å². The van der Waals surface area contributed by atoms with Gasteiger partial charge >= 0.3 is 5.97 Å². The third-order valence-electron chi connectivity index (χ3n) is 3.05. The Morgan fingerprint density at radius 3 is 2.61 bits per heavy atom. The van der Waals surface area contributed by atoms with E-state index in [0.717, 1.165) is 17.8 Å². The van der Waals surface area contributed by atoms with Crippen LogP contribution in [0, 0.1) is 6.92 Å². The first-order valence-corrected chi connectivity index (χ1v) is 6.10. The molecule has 1 aromatic rings. The lowest BCUT2D eigenvalue weighted by molar-refractivity contribution is 0.0696. The summed E-state index contributed by atoms with van der Waals surface area (Å²) < 4.78 is 5.16. The first-order chi connectivity index (χ1) is 8.51. The van der Waals surface area contributed by atoms with Crippen molar-refractivity contribution >= 4 is 11.7 Å². The van der Waals surface area contributed by atoms with Gasteiger partial charge in [-0.2, -0.15) is 0 Å². The molecule has 1 aromatic carbocycles. The fraction of sp³-hybridized carbons (Fsp3) is 0.500. The van der Waals surface area contributed by atoms with E-state index in [2.05, 4.69) is 18.7 Å². The van der Waals surface area contributed by atoms with Crippen molar-refractivity contribution in [2.24, 2.45) is 0 Å². The second kappa shape index (κ2) is 6.40. The van der Waals surface area contributed by atoms with E-state index in [1.165, 1.54) is 0 Å². The van der Waals surface area contributed by atoms with E-state index >= 15 is 0 Å². The molecule has 1 unspecified atom stereocenters. The highest BCUT2D eigenvalue weighted by molar-refractivity contribution is 5.89. The highest BCUT2D eigenvalue weighted by atomic mass is 16.5. The summed E-state index contributed by atoms with van der Waals surface area (Å²) in [6.45, 7) is 7.49. The molecule has 0 aliphatic rings. The topological polar surface area (TPSA) is 49.8 Å². The Kier molecular flexibility index (Phi) is 5.16. The van der Waals surface area contributed by atoms with Crippen molar-refractivity contribution in [3.63, 3.8) is 0 Å². The normalized spacial score (nSPS) is 12.2. The zero-order chi connectivity index (χ0) is 13.7. The smallest absolute Gasteiger partial charge is 0.335 e. The molecule has 0 aliphatic carbocycles. The van der Waals surface area contributed by atoms with E-state index in [9.17, 15) is 4.79 Å². The van der Waals surface area contributed by atoms with E-state index in [1.54, 1.807) is 13.2 Å². The number of carboxylic acids is 1. The van der Waals surface area contributed by atoms with Crippen molar-refractivity contribution in [3.05, 3.63) is 29.3 Å². The summed E-state index contributed by atoms with van der Waals surface area (Å²) in [4.78, 5) is 13.2.